The summed E-state index contributed by atoms with van der Waals surface area (Å²) in [5.41, 5.74) is 1.06. The molecule has 0 radical (unpaired) electrons. The van der Waals surface area contributed by atoms with Crippen LogP contribution in [0.3, 0.4) is 0 Å². The SMILES string of the molecule is COc1cccc(-n2nnc(C(=O)NC3(c4noc(C)n4)CCCC3)c2C)c1. The fourth-order valence-electron chi connectivity index (χ4n) is 3.68. The number of ether oxygens (including phenoxy) is 1. The van der Waals surface area contributed by atoms with Crippen molar-refractivity contribution < 1.29 is 14.1 Å². The quantitative estimate of drug-likeness (QED) is 0.722. The Hall–Kier alpha value is -3.23. The van der Waals surface area contributed by atoms with Gasteiger partial charge in [-0.15, -0.1) is 5.10 Å². The first kappa shape index (κ1) is 18.1. The van der Waals surface area contributed by atoms with E-state index in [4.69, 9.17) is 9.26 Å². The maximum atomic E-state index is 13.0. The largest absolute Gasteiger partial charge is 0.497 e. The summed E-state index contributed by atoms with van der Waals surface area (Å²) >= 11 is 0. The molecule has 1 fully saturated rings. The predicted octanol–water partition coefficient (Wildman–Crippen LogP) is 2.48. The summed E-state index contributed by atoms with van der Waals surface area (Å²) in [7, 11) is 1.60. The maximum Gasteiger partial charge on any atom is 0.274 e. The first-order valence-corrected chi connectivity index (χ1v) is 9.22. The second-order valence-electron chi connectivity index (χ2n) is 7.02. The summed E-state index contributed by atoms with van der Waals surface area (Å²) in [6, 6.07) is 7.43. The molecule has 0 aliphatic heterocycles. The molecule has 1 aliphatic rings. The molecule has 1 amide bonds. The third-order valence-electron chi connectivity index (χ3n) is 5.17. The molecule has 1 aliphatic carbocycles. The van der Waals surface area contributed by atoms with Crippen molar-refractivity contribution >= 4 is 5.91 Å². The van der Waals surface area contributed by atoms with E-state index >= 15 is 0 Å². The maximum absolute atomic E-state index is 13.0. The fourth-order valence-corrected chi connectivity index (χ4v) is 3.68. The number of nitrogens with one attached hydrogen (secondary N) is 1. The summed E-state index contributed by atoms with van der Waals surface area (Å²) in [5, 5.41) is 15.4. The van der Waals surface area contributed by atoms with E-state index < -0.39 is 5.54 Å². The molecular weight excluding hydrogens is 360 g/mol. The van der Waals surface area contributed by atoms with Gasteiger partial charge in [0.2, 0.25) is 5.89 Å². The zero-order valence-corrected chi connectivity index (χ0v) is 16.1. The van der Waals surface area contributed by atoms with Crippen LogP contribution in [-0.2, 0) is 5.54 Å². The lowest BCUT2D eigenvalue weighted by Crippen LogP contribution is -2.45. The number of methoxy groups -OCH3 is 1. The van der Waals surface area contributed by atoms with E-state index in [2.05, 4.69) is 25.8 Å². The lowest BCUT2D eigenvalue weighted by atomic mass is 9.96. The predicted molar refractivity (Wildman–Crippen MR) is 99.3 cm³/mol. The minimum atomic E-state index is -0.624. The Morgan fingerprint density at radius 2 is 2.07 bits per heavy atom. The Bertz CT molecular complexity index is 1000. The number of rotatable bonds is 5. The van der Waals surface area contributed by atoms with Crippen LogP contribution in [0.1, 0.15) is 53.6 Å². The van der Waals surface area contributed by atoms with Gasteiger partial charge in [-0.1, -0.05) is 29.3 Å². The summed E-state index contributed by atoms with van der Waals surface area (Å²) in [6.45, 7) is 3.55. The van der Waals surface area contributed by atoms with Crippen molar-refractivity contribution in [1.29, 1.82) is 0 Å². The van der Waals surface area contributed by atoms with Crippen LogP contribution in [0.15, 0.2) is 28.8 Å². The number of carbonyl (C=O) groups is 1. The lowest BCUT2D eigenvalue weighted by Gasteiger charge is -2.26. The van der Waals surface area contributed by atoms with Gasteiger partial charge in [0, 0.05) is 13.0 Å². The topological polar surface area (TPSA) is 108 Å². The highest BCUT2D eigenvalue weighted by molar-refractivity contribution is 5.93. The van der Waals surface area contributed by atoms with Gasteiger partial charge in [-0.3, -0.25) is 4.79 Å². The van der Waals surface area contributed by atoms with Gasteiger partial charge < -0.3 is 14.6 Å². The molecule has 0 bridgehead atoms. The molecule has 4 rings (SSSR count). The molecule has 2 aromatic heterocycles. The van der Waals surface area contributed by atoms with Gasteiger partial charge in [-0.25, -0.2) is 4.68 Å². The first-order valence-electron chi connectivity index (χ1n) is 9.22. The molecule has 1 aromatic carbocycles. The van der Waals surface area contributed by atoms with Gasteiger partial charge in [0.05, 0.1) is 18.5 Å². The van der Waals surface area contributed by atoms with Crippen molar-refractivity contribution in [1.82, 2.24) is 30.5 Å². The number of aromatic nitrogens is 5. The van der Waals surface area contributed by atoms with E-state index in [0.717, 1.165) is 31.4 Å². The fraction of sp³-hybridized carbons (Fsp3) is 0.421. The van der Waals surface area contributed by atoms with Crippen LogP contribution in [0.5, 0.6) is 5.75 Å². The molecule has 9 heteroatoms. The van der Waals surface area contributed by atoms with Gasteiger partial charge in [-0.05, 0) is 31.9 Å². The van der Waals surface area contributed by atoms with Crippen LogP contribution in [0.4, 0.5) is 0 Å². The number of hydrogen-bond acceptors (Lipinski definition) is 7. The Morgan fingerprint density at radius 1 is 1.29 bits per heavy atom. The van der Waals surface area contributed by atoms with E-state index in [-0.39, 0.29) is 11.6 Å². The second-order valence-corrected chi connectivity index (χ2v) is 7.02. The lowest BCUT2D eigenvalue weighted by molar-refractivity contribution is 0.0886. The van der Waals surface area contributed by atoms with Crippen LogP contribution in [0.25, 0.3) is 5.69 Å². The smallest absolute Gasteiger partial charge is 0.274 e. The van der Waals surface area contributed by atoms with E-state index in [9.17, 15) is 4.79 Å². The zero-order chi connectivity index (χ0) is 19.7. The van der Waals surface area contributed by atoms with Crippen LogP contribution in [0.2, 0.25) is 0 Å². The Balaban J connectivity index is 1.62. The van der Waals surface area contributed by atoms with Gasteiger partial charge in [0.15, 0.2) is 11.5 Å². The molecular formula is C19H22N6O3. The van der Waals surface area contributed by atoms with Crippen molar-refractivity contribution in [2.75, 3.05) is 7.11 Å². The highest BCUT2D eigenvalue weighted by Gasteiger charge is 2.42. The minimum absolute atomic E-state index is 0.273. The van der Waals surface area contributed by atoms with Crippen LogP contribution < -0.4 is 10.1 Å². The first-order chi connectivity index (χ1) is 13.5. The third-order valence-corrected chi connectivity index (χ3v) is 5.17. The monoisotopic (exact) mass is 382 g/mol. The molecule has 1 N–H and O–H groups in total. The average Bonchev–Trinajstić information content (AvgIpc) is 3.42. The van der Waals surface area contributed by atoms with Gasteiger partial charge >= 0.3 is 0 Å². The summed E-state index contributed by atoms with van der Waals surface area (Å²) in [5.74, 6) is 1.41. The third kappa shape index (κ3) is 3.12. The molecule has 0 saturated heterocycles. The van der Waals surface area contributed by atoms with E-state index in [1.54, 1.807) is 18.7 Å². The van der Waals surface area contributed by atoms with E-state index in [1.807, 2.05) is 31.2 Å². The molecule has 146 valence electrons. The normalized spacial score (nSPS) is 15.5. The Kier molecular flexibility index (Phi) is 4.58. The van der Waals surface area contributed by atoms with Gasteiger partial charge in [0.25, 0.3) is 5.91 Å². The molecule has 9 nitrogen and oxygen atoms in total. The summed E-state index contributed by atoms with van der Waals surface area (Å²) in [6.07, 6.45) is 3.51. The molecule has 28 heavy (non-hydrogen) atoms. The molecule has 0 atom stereocenters. The standard InChI is InChI=1S/C19H22N6O3/c1-12-16(22-24-25(12)14-7-6-8-15(11-14)27-3)17(26)21-19(9-4-5-10-19)18-20-13(2)28-23-18/h6-8,11H,4-5,9-10H2,1-3H3,(H,21,26). The summed E-state index contributed by atoms with van der Waals surface area (Å²) < 4.78 is 12.0. The van der Waals surface area contributed by atoms with Crippen molar-refractivity contribution in [2.45, 2.75) is 45.1 Å². The van der Waals surface area contributed by atoms with Crippen molar-refractivity contribution in [3.05, 3.63) is 47.4 Å². The highest BCUT2D eigenvalue weighted by Crippen LogP contribution is 2.37. The molecule has 0 spiro atoms. The molecule has 3 aromatic rings. The zero-order valence-electron chi connectivity index (χ0n) is 16.1. The van der Waals surface area contributed by atoms with Crippen molar-refractivity contribution in [3.63, 3.8) is 0 Å². The van der Waals surface area contributed by atoms with Crippen LogP contribution in [0, 0.1) is 13.8 Å². The van der Waals surface area contributed by atoms with Crippen molar-refractivity contribution in [2.24, 2.45) is 0 Å². The van der Waals surface area contributed by atoms with E-state index in [1.165, 1.54) is 0 Å². The average molecular weight is 382 g/mol. The number of aryl methyl sites for hydroxylation is 1. The van der Waals surface area contributed by atoms with Crippen LogP contribution in [-0.4, -0.2) is 38.2 Å². The second kappa shape index (κ2) is 7.06. The number of benzene rings is 1. The number of carbonyl (C=O) groups excluding carboxylic acids is 1. The Labute approximate surface area is 162 Å². The highest BCUT2D eigenvalue weighted by atomic mass is 16.5. The van der Waals surface area contributed by atoms with Gasteiger partial charge in [-0.2, -0.15) is 4.98 Å². The number of amides is 1. The van der Waals surface area contributed by atoms with E-state index in [0.29, 0.717) is 23.2 Å². The molecule has 0 unspecified atom stereocenters. The Morgan fingerprint density at radius 3 is 2.75 bits per heavy atom. The molecule has 2 heterocycles. The number of hydrogen-bond donors (Lipinski definition) is 1. The minimum Gasteiger partial charge on any atom is -0.497 e. The van der Waals surface area contributed by atoms with Crippen molar-refractivity contribution in [3.8, 4) is 11.4 Å². The van der Waals surface area contributed by atoms with Crippen LogP contribution >= 0.6 is 0 Å². The van der Waals surface area contributed by atoms with Gasteiger partial charge in [0.1, 0.15) is 11.3 Å². The summed E-state index contributed by atoms with van der Waals surface area (Å²) in [4.78, 5) is 17.4. The molecule has 1 saturated carbocycles. The number of nitrogens with zero attached hydrogens (tertiary/aromatic N) is 5.